The summed E-state index contributed by atoms with van der Waals surface area (Å²) < 4.78 is 10.8. The predicted molar refractivity (Wildman–Crippen MR) is 107 cm³/mol. The van der Waals surface area contributed by atoms with Crippen molar-refractivity contribution in [1.29, 1.82) is 0 Å². The number of hydrogen-bond donors (Lipinski definition) is 1. The molecule has 1 heterocycles. The van der Waals surface area contributed by atoms with E-state index in [1.165, 1.54) is 5.56 Å². The maximum absolute atomic E-state index is 12.7. The van der Waals surface area contributed by atoms with Crippen molar-refractivity contribution in [2.45, 2.75) is 12.2 Å². The molecule has 26 heavy (non-hydrogen) atoms. The number of nitrogens with one attached hydrogen (secondary N) is 1. The number of fused-ring (bicyclic) bond motifs is 1. The lowest BCUT2D eigenvalue weighted by Crippen LogP contribution is -2.23. The van der Waals surface area contributed by atoms with Crippen LogP contribution in [-0.4, -0.2) is 32.8 Å². The van der Waals surface area contributed by atoms with E-state index in [-0.39, 0.29) is 5.78 Å². The molecule has 0 unspecified atom stereocenters. The van der Waals surface area contributed by atoms with Crippen LogP contribution >= 0.6 is 11.8 Å². The maximum atomic E-state index is 12.7. The van der Waals surface area contributed by atoms with Gasteiger partial charge in [-0.2, -0.15) is 11.8 Å². The number of ether oxygens (including phenoxy) is 2. The van der Waals surface area contributed by atoms with E-state index in [9.17, 15) is 4.79 Å². The summed E-state index contributed by atoms with van der Waals surface area (Å²) in [5, 5.41) is 3.34. The summed E-state index contributed by atoms with van der Waals surface area (Å²) in [5.41, 5.74) is 4.87. The highest BCUT2D eigenvalue weighted by molar-refractivity contribution is 7.97. The van der Waals surface area contributed by atoms with Crippen molar-refractivity contribution in [1.82, 2.24) is 5.32 Å². The van der Waals surface area contributed by atoms with Crippen LogP contribution in [0.4, 0.5) is 0 Å². The summed E-state index contributed by atoms with van der Waals surface area (Å²) in [6.07, 6.45) is 4.62. The van der Waals surface area contributed by atoms with E-state index in [0.29, 0.717) is 17.1 Å². The second-order valence-electron chi connectivity index (χ2n) is 6.09. The molecule has 5 heteroatoms. The van der Waals surface area contributed by atoms with Gasteiger partial charge in [-0.3, -0.25) is 4.79 Å². The van der Waals surface area contributed by atoms with E-state index in [2.05, 4.69) is 11.6 Å². The lowest BCUT2D eigenvalue weighted by molar-refractivity contribution is 0.104. The quantitative estimate of drug-likeness (QED) is 0.617. The molecule has 2 aromatic rings. The fourth-order valence-electron chi connectivity index (χ4n) is 3.08. The van der Waals surface area contributed by atoms with Gasteiger partial charge in [0.2, 0.25) is 0 Å². The zero-order valence-electron chi connectivity index (χ0n) is 15.3. The number of ketones is 1. The lowest BCUT2D eigenvalue weighted by atomic mass is 9.95. The normalized spacial score (nSPS) is 14.5. The molecule has 136 valence electrons. The molecule has 0 radical (unpaired) electrons. The summed E-state index contributed by atoms with van der Waals surface area (Å²) in [7, 11) is 3.25. The molecule has 0 saturated heterocycles. The smallest absolute Gasteiger partial charge is 0.187 e. The Kier molecular flexibility index (Phi) is 5.89. The average molecular weight is 369 g/mol. The number of methoxy groups -OCH3 is 2. The number of benzene rings is 2. The SMILES string of the molecule is COc1cc2c(cc1OC)C(=CC(=O)c1ccc(CSC)cc1)NCC2. The Labute approximate surface area is 158 Å². The van der Waals surface area contributed by atoms with E-state index in [1.54, 1.807) is 32.1 Å². The fraction of sp³-hybridized carbons (Fsp3) is 0.286. The Hall–Kier alpha value is -2.40. The Morgan fingerprint density at radius 2 is 1.85 bits per heavy atom. The van der Waals surface area contributed by atoms with Gasteiger partial charge in [-0.1, -0.05) is 24.3 Å². The zero-order chi connectivity index (χ0) is 18.5. The molecule has 0 aromatic heterocycles. The molecule has 0 saturated carbocycles. The number of rotatable bonds is 6. The molecule has 0 bridgehead atoms. The van der Waals surface area contributed by atoms with Crippen LogP contribution in [0.25, 0.3) is 5.70 Å². The molecule has 2 aromatic carbocycles. The van der Waals surface area contributed by atoms with Gasteiger partial charge in [0.1, 0.15) is 0 Å². The molecule has 0 amide bonds. The molecular formula is C21H23NO3S. The second kappa shape index (κ2) is 8.32. The van der Waals surface area contributed by atoms with Crippen molar-refractivity contribution in [3.05, 3.63) is 64.7 Å². The van der Waals surface area contributed by atoms with Gasteiger partial charge in [0, 0.05) is 35.2 Å². The molecule has 1 aliphatic heterocycles. The zero-order valence-corrected chi connectivity index (χ0v) is 16.1. The van der Waals surface area contributed by atoms with Crippen LogP contribution in [0.15, 0.2) is 42.5 Å². The third kappa shape index (κ3) is 3.88. The largest absolute Gasteiger partial charge is 0.493 e. The molecule has 0 atom stereocenters. The van der Waals surface area contributed by atoms with Gasteiger partial charge >= 0.3 is 0 Å². The van der Waals surface area contributed by atoms with Gasteiger partial charge in [0.25, 0.3) is 0 Å². The van der Waals surface area contributed by atoms with Crippen LogP contribution in [0.1, 0.15) is 27.0 Å². The first-order valence-corrected chi connectivity index (χ1v) is 9.88. The van der Waals surface area contributed by atoms with Crippen LogP contribution in [-0.2, 0) is 12.2 Å². The topological polar surface area (TPSA) is 47.6 Å². The van der Waals surface area contributed by atoms with Crippen LogP contribution in [0, 0.1) is 0 Å². The van der Waals surface area contributed by atoms with E-state index < -0.39 is 0 Å². The second-order valence-corrected chi connectivity index (χ2v) is 6.96. The Morgan fingerprint density at radius 1 is 1.15 bits per heavy atom. The number of carbonyl (C=O) groups excluding carboxylic acids is 1. The minimum atomic E-state index is -0.00848. The van der Waals surface area contributed by atoms with Gasteiger partial charge < -0.3 is 14.8 Å². The van der Waals surface area contributed by atoms with E-state index in [0.717, 1.165) is 35.5 Å². The first-order chi connectivity index (χ1) is 12.7. The maximum Gasteiger partial charge on any atom is 0.187 e. The summed E-state index contributed by atoms with van der Waals surface area (Å²) in [6.45, 7) is 0.786. The third-order valence-electron chi connectivity index (χ3n) is 4.43. The first kappa shape index (κ1) is 18.4. The van der Waals surface area contributed by atoms with Gasteiger partial charge in [-0.05, 0) is 35.9 Å². The standard InChI is InChI=1S/C21H23NO3S/c1-24-20-10-16-8-9-22-18(17(16)11-21(20)25-2)12-19(23)15-6-4-14(5-7-15)13-26-3/h4-7,10-12,22H,8-9,13H2,1-3H3. The summed E-state index contributed by atoms with van der Waals surface area (Å²) in [6, 6.07) is 11.7. The van der Waals surface area contributed by atoms with Crippen molar-refractivity contribution in [2.75, 3.05) is 27.0 Å². The number of carbonyl (C=O) groups is 1. The molecule has 0 fully saturated rings. The number of hydrogen-bond acceptors (Lipinski definition) is 5. The summed E-state index contributed by atoms with van der Waals surface area (Å²) in [5.74, 6) is 2.32. The van der Waals surface area contributed by atoms with E-state index in [4.69, 9.17) is 9.47 Å². The highest BCUT2D eigenvalue weighted by atomic mass is 32.2. The fourth-order valence-corrected chi connectivity index (χ4v) is 3.61. The monoisotopic (exact) mass is 369 g/mol. The predicted octanol–water partition coefficient (Wildman–Crippen LogP) is 3.94. The summed E-state index contributed by atoms with van der Waals surface area (Å²) in [4.78, 5) is 12.7. The summed E-state index contributed by atoms with van der Waals surface area (Å²) >= 11 is 1.77. The van der Waals surface area contributed by atoms with E-state index >= 15 is 0 Å². The molecule has 4 nitrogen and oxygen atoms in total. The van der Waals surface area contributed by atoms with Crippen molar-refractivity contribution in [3.63, 3.8) is 0 Å². The molecule has 1 N–H and O–H groups in total. The van der Waals surface area contributed by atoms with Gasteiger partial charge in [-0.15, -0.1) is 0 Å². The van der Waals surface area contributed by atoms with Crippen molar-refractivity contribution in [3.8, 4) is 11.5 Å². The number of thioether (sulfide) groups is 1. The minimum absolute atomic E-state index is 0.00848. The van der Waals surface area contributed by atoms with Gasteiger partial charge in [-0.25, -0.2) is 0 Å². The molecule has 0 aliphatic carbocycles. The van der Waals surface area contributed by atoms with E-state index in [1.807, 2.05) is 36.4 Å². The Balaban J connectivity index is 1.91. The molecule has 1 aliphatic rings. The first-order valence-electron chi connectivity index (χ1n) is 8.49. The van der Waals surface area contributed by atoms with Crippen LogP contribution in [0.2, 0.25) is 0 Å². The number of allylic oxidation sites excluding steroid dienone is 1. The van der Waals surface area contributed by atoms with Crippen molar-refractivity contribution >= 4 is 23.2 Å². The van der Waals surface area contributed by atoms with Crippen molar-refractivity contribution in [2.24, 2.45) is 0 Å². The molecule has 0 spiro atoms. The van der Waals surface area contributed by atoms with Gasteiger partial charge in [0.05, 0.1) is 14.2 Å². The Morgan fingerprint density at radius 3 is 2.50 bits per heavy atom. The highest BCUT2D eigenvalue weighted by Gasteiger charge is 2.19. The highest BCUT2D eigenvalue weighted by Crippen LogP contribution is 2.34. The molecule has 3 rings (SSSR count). The lowest BCUT2D eigenvalue weighted by Gasteiger charge is -2.23. The average Bonchev–Trinajstić information content (AvgIpc) is 2.68. The van der Waals surface area contributed by atoms with Crippen LogP contribution < -0.4 is 14.8 Å². The van der Waals surface area contributed by atoms with Crippen LogP contribution in [0.3, 0.4) is 0 Å². The minimum Gasteiger partial charge on any atom is -0.493 e. The van der Waals surface area contributed by atoms with Crippen molar-refractivity contribution < 1.29 is 14.3 Å². The van der Waals surface area contributed by atoms with Crippen LogP contribution in [0.5, 0.6) is 11.5 Å². The molecular weight excluding hydrogens is 346 g/mol. The Bertz CT molecular complexity index is 828. The van der Waals surface area contributed by atoms with Gasteiger partial charge in [0.15, 0.2) is 17.3 Å². The third-order valence-corrected chi connectivity index (χ3v) is 5.06.